The highest BCUT2D eigenvalue weighted by Crippen LogP contribution is 2.30. The van der Waals surface area contributed by atoms with Gasteiger partial charge in [-0.25, -0.2) is 4.39 Å². The average molecular weight is 244 g/mol. The van der Waals surface area contributed by atoms with Gasteiger partial charge in [0.05, 0.1) is 10.9 Å². The SMILES string of the molecule is Cc1cc(-c2nncc3ccsc23)ccc1F. The summed E-state index contributed by atoms with van der Waals surface area (Å²) in [5, 5.41) is 11.2. The molecule has 0 fully saturated rings. The van der Waals surface area contributed by atoms with Gasteiger partial charge >= 0.3 is 0 Å². The lowest BCUT2D eigenvalue weighted by Gasteiger charge is -2.03. The number of halogens is 1. The number of hydrogen-bond donors (Lipinski definition) is 0. The Kier molecular flexibility index (Phi) is 2.37. The summed E-state index contributed by atoms with van der Waals surface area (Å²) in [4.78, 5) is 0. The van der Waals surface area contributed by atoms with Gasteiger partial charge in [-0.15, -0.1) is 16.4 Å². The summed E-state index contributed by atoms with van der Waals surface area (Å²) < 4.78 is 14.3. The first kappa shape index (κ1) is 10.4. The van der Waals surface area contributed by atoms with Crippen LogP contribution in [-0.4, -0.2) is 10.2 Å². The van der Waals surface area contributed by atoms with E-state index in [9.17, 15) is 4.39 Å². The maximum atomic E-state index is 13.2. The molecule has 2 nitrogen and oxygen atoms in total. The Morgan fingerprint density at radius 1 is 1.24 bits per heavy atom. The number of aryl methyl sites for hydroxylation is 1. The van der Waals surface area contributed by atoms with Crippen LogP contribution in [0.25, 0.3) is 21.3 Å². The van der Waals surface area contributed by atoms with Gasteiger partial charge in [0.2, 0.25) is 0 Å². The molecule has 0 atom stereocenters. The van der Waals surface area contributed by atoms with Crippen molar-refractivity contribution in [3.8, 4) is 11.3 Å². The van der Waals surface area contributed by atoms with Crippen molar-refractivity contribution in [1.29, 1.82) is 0 Å². The Morgan fingerprint density at radius 2 is 2.12 bits per heavy atom. The highest BCUT2D eigenvalue weighted by molar-refractivity contribution is 7.17. The van der Waals surface area contributed by atoms with Crippen LogP contribution < -0.4 is 0 Å². The minimum Gasteiger partial charge on any atom is -0.207 e. The van der Waals surface area contributed by atoms with Crippen molar-refractivity contribution in [3.05, 3.63) is 47.2 Å². The molecule has 0 saturated carbocycles. The van der Waals surface area contributed by atoms with Gasteiger partial charge in [0, 0.05) is 10.9 Å². The highest BCUT2D eigenvalue weighted by Gasteiger charge is 2.08. The summed E-state index contributed by atoms with van der Waals surface area (Å²) in [7, 11) is 0. The minimum atomic E-state index is -0.194. The molecule has 84 valence electrons. The first-order chi connectivity index (χ1) is 8.25. The lowest BCUT2D eigenvalue weighted by atomic mass is 10.1. The zero-order chi connectivity index (χ0) is 11.8. The van der Waals surface area contributed by atoms with Crippen LogP contribution >= 0.6 is 11.3 Å². The van der Waals surface area contributed by atoms with Crippen molar-refractivity contribution < 1.29 is 4.39 Å². The number of fused-ring (bicyclic) bond motifs is 1. The number of benzene rings is 1. The van der Waals surface area contributed by atoms with Crippen molar-refractivity contribution in [1.82, 2.24) is 10.2 Å². The molecule has 0 N–H and O–H groups in total. The molecule has 0 spiro atoms. The number of rotatable bonds is 1. The molecule has 0 unspecified atom stereocenters. The van der Waals surface area contributed by atoms with Crippen molar-refractivity contribution in [2.45, 2.75) is 6.92 Å². The largest absolute Gasteiger partial charge is 0.207 e. The molecule has 0 bridgehead atoms. The molecule has 17 heavy (non-hydrogen) atoms. The Balaban J connectivity index is 2.26. The third kappa shape index (κ3) is 1.70. The molecule has 4 heteroatoms. The third-order valence-electron chi connectivity index (χ3n) is 2.70. The highest BCUT2D eigenvalue weighted by atomic mass is 32.1. The van der Waals surface area contributed by atoms with Crippen LogP contribution in [0, 0.1) is 12.7 Å². The molecule has 3 rings (SSSR count). The normalized spacial score (nSPS) is 10.9. The summed E-state index contributed by atoms with van der Waals surface area (Å²) in [5.74, 6) is -0.194. The molecule has 0 radical (unpaired) electrons. The van der Waals surface area contributed by atoms with Crippen LogP contribution in [-0.2, 0) is 0 Å². The summed E-state index contributed by atoms with van der Waals surface area (Å²) >= 11 is 1.62. The smallest absolute Gasteiger partial charge is 0.126 e. The van der Waals surface area contributed by atoms with Gasteiger partial charge in [0.15, 0.2) is 0 Å². The van der Waals surface area contributed by atoms with Crippen molar-refractivity contribution >= 4 is 21.4 Å². The molecule has 2 aromatic heterocycles. The lowest BCUT2D eigenvalue weighted by Crippen LogP contribution is -1.89. The van der Waals surface area contributed by atoms with Crippen LogP contribution in [0.4, 0.5) is 4.39 Å². The van der Waals surface area contributed by atoms with Crippen molar-refractivity contribution in [2.24, 2.45) is 0 Å². The maximum Gasteiger partial charge on any atom is 0.126 e. The second kappa shape index (κ2) is 3.89. The van der Waals surface area contributed by atoms with E-state index in [1.54, 1.807) is 36.6 Å². The molecule has 3 aromatic rings. The minimum absolute atomic E-state index is 0.194. The van der Waals surface area contributed by atoms with E-state index in [2.05, 4.69) is 10.2 Å². The van der Waals surface area contributed by atoms with Gasteiger partial charge < -0.3 is 0 Å². The summed E-state index contributed by atoms with van der Waals surface area (Å²) in [5.41, 5.74) is 2.35. The first-order valence-corrected chi connectivity index (χ1v) is 6.09. The van der Waals surface area contributed by atoms with Crippen LogP contribution in [0.2, 0.25) is 0 Å². The van der Waals surface area contributed by atoms with E-state index in [1.807, 2.05) is 11.4 Å². The average Bonchev–Trinajstić information content (AvgIpc) is 2.80. The lowest BCUT2D eigenvalue weighted by molar-refractivity contribution is 0.619. The number of thiophene rings is 1. The van der Waals surface area contributed by atoms with E-state index >= 15 is 0 Å². The van der Waals surface area contributed by atoms with Gasteiger partial charge in [0.25, 0.3) is 0 Å². The van der Waals surface area contributed by atoms with Gasteiger partial charge in [-0.1, -0.05) is 0 Å². The Hall–Kier alpha value is -1.81. The molecule has 2 heterocycles. The Labute approximate surface area is 102 Å². The topological polar surface area (TPSA) is 25.8 Å². The second-order valence-electron chi connectivity index (χ2n) is 3.86. The van der Waals surface area contributed by atoms with E-state index in [4.69, 9.17) is 0 Å². The zero-order valence-corrected chi connectivity index (χ0v) is 9.96. The number of nitrogens with zero attached hydrogens (tertiary/aromatic N) is 2. The van der Waals surface area contributed by atoms with Gasteiger partial charge in [-0.3, -0.25) is 0 Å². The Bertz CT molecular complexity index is 691. The molecule has 0 saturated heterocycles. The first-order valence-electron chi connectivity index (χ1n) is 5.21. The quantitative estimate of drug-likeness (QED) is 0.650. The van der Waals surface area contributed by atoms with E-state index in [0.717, 1.165) is 21.3 Å². The van der Waals surface area contributed by atoms with Crippen LogP contribution in [0.1, 0.15) is 5.56 Å². The van der Waals surface area contributed by atoms with Crippen LogP contribution in [0.3, 0.4) is 0 Å². The number of hydrogen-bond acceptors (Lipinski definition) is 3. The van der Waals surface area contributed by atoms with Crippen LogP contribution in [0.5, 0.6) is 0 Å². The van der Waals surface area contributed by atoms with Gasteiger partial charge in [0.1, 0.15) is 11.5 Å². The van der Waals surface area contributed by atoms with Crippen molar-refractivity contribution in [2.75, 3.05) is 0 Å². The molecule has 0 amide bonds. The maximum absolute atomic E-state index is 13.2. The number of aromatic nitrogens is 2. The van der Waals surface area contributed by atoms with E-state index < -0.39 is 0 Å². The van der Waals surface area contributed by atoms with E-state index in [0.29, 0.717) is 5.56 Å². The van der Waals surface area contributed by atoms with E-state index in [-0.39, 0.29) is 5.82 Å². The fourth-order valence-electron chi connectivity index (χ4n) is 1.79. The standard InChI is InChI=1S/C13H9FN2S/c1-8-6-9(2-3-11(8)14)12-13-10(4-5-17-13)7-15-16-12/h2-7H,1H3. The molecule has 0 aliphatic rings. The zero-order valence-electron chi connectivity index (χ0n) is 9.14. The third-order valence-corrected chi connectivity index (χ3v) is 3.63. The molecular formula is C13H9FN2S. The van der Waals surface area contributed by atoms with Gasteiger partial charge in [-0.2, -0.15) is 5.10 Å². The second-order valence-corrected chi connectivity index (χ2v) is 4.78. The Morgan fingerprint density at radius 3 is 2.94 bits per heavy atom. The van der Waals surface area contributed by atoms with E-state index in [1.165, 1.54) is 6.07 Å². The van der Waals surface area contributed by atoms with Crippen LogP contribution in [0.15, 0.2) is 35.8 Å². The van der Waals surface area contributed by atoms with Gasteiger partial charge in [-0.05, 0) is 42.1 Å². The molecule has 0 aliphatic carbocycles. The fourth-order valence-corrected chi connectivity index (χ4v) is 2.67. The van der Waals surface area contributed by atoms with Crippen molar-refractivity contribution in [3.63, 3.8) is 0 Å². The summed E-state index contributed by atoms with van der Waals surface area (Å²) in [6, 6.07) is 7.03. The predicted octanol–water partition coefficient (Wildman–Crippen LogP) is 3.81. The predicted molar refractivity (Wildman–Crippen MR) is 67.5 cm³/mol. The summed E-state index contributed by atoms with van der Waals surface area (Å²) in [6.45, 7) is 1.75. The fraction of sp³-hybridized carbons (Fsp3) is 0.0769. The summed E-state index contributed by atoms with van der Waals surface area (Å²) in [6.07, 6.45) is 1.74. The molecular weight excluding hydrogens is 235 g/mol. The monoisotopic (exact) mass is 244 g/mol. The molecule has 1 aromatic carbocycles. The molecule has 0 aliphatic heterocycles.